The topological polar surface area (TPSA) is 83.0 Å². The monoisotopic (exact) mass is 546 g/mol. The molecule has 0 fully saturated rings. The standard InChI is InChI=1S/C25H15Cl2F3N4O3/c1-36-15-7-8-19-16(11-15)20(21(35)24-32-23(33-37-24)18-4-2-3-9-31-18)22(25(28,29)30)34(19)12-13-5-6-14(26)10-17(13)27/h2-11H,12H2,1H3. The van der Waals surface area contributed by atoms with E-state index in [9.17, 15) is 18.0 Å². The van der Waals surface area contributed by atoms with E-state index in [0.717, 1.165) is 4.57 Å². The summed E-state index contributed by atoms with van der Waals surface area (Å²) >= 11 is 12.2. The number of fused-ring (bicyclic) bond motifs is 1. The fraction of sp³-hybridized carbons (Fsp3) is 0.120. The highest BCUT2D eigenvalue weighted by Crippen LogP contribution is 2.41. The quantitative estimate of drug-likeness (QED) is 0.220. The van der Waals surface area contributed by atoms with Crippen molar-refractivity contribution in [2.75, 3.05) is 7.11 Å². The minimum absolute atomic E-state index is 0.000605. The number of benzene rings is 2. The van der Waals surface area contributed by atoms with Crippen molar-refractivity contribution in [3.63, 3.8) is 0 Å². The van der Waals surface area contributed by atoms with E-state index >= 15 is 0 Å². The Morgan fingerprint density at radius 3 is 2.59 bits per heavy atom. The molecule has 0 atom stereocenters. The van der Waals surface area contributed by atoms with Gasteiger partial charge < -0.3 is 13.8 Å². The molecule has 0 saturated carbocycles. The molecule has 0 aliphatic carbocycles. The summed E-state index contributed by atoms with van der Waals surface area (Å²) in [7, 11) is 1.37. The number of alkyl halides is 3. The van der Waals surface area contributed by atoms with Crippen LogP contribution in [0.1, 0.15) is 27.5 Å². The Hall–Kier alpha value is -3.89. The number of carbonyl (C=O) groups excluding carboxylic acids is 1. The van der Waals surface area contributed by atoms with Crippen molar-refractivity contribution in [3.05, 3.63) is 93.6 Å². The van der Waals surface area contributed by atoms with Gasteiger partial charge in [-0.1, -0.05) is 40.5 Å². The lowest BCUT2D eigenvalue weighted by molar-refractivity contribution is -0.143. The van der Waals surface area contributed by atoms with E-state index in [1.54, 1.807) is 18.2 Å². The van der Waals surface area contributed by atoms with E-state index in [2.05, 4.69) is 15.1 Å². The lowest BCUT2D eigenvalue weighted by atomic mass is 10.1. The fourth-order valence-electron chi connectivity index (χ4n) is 3.99. The van der Waals surface area contributed by atoms with Crippen molar-refractivity contribution < 1.29 is 27.2 Å². The molecular weight excluding hydrogens is 532 g/mol. The fourth-order valence-corrected chi connectivity index (χ4v) is 4.46. The Labute approximate surface area is 217 Å². The van der Waals surface area contributed by atoms with Gasteiger partial charge in [-0.05, 0) is 48.0 Å². The van der Waals surface area contributed by atoms with Crippen LogP contribution in [0.4, 0.5) is 13.2 Å². The number of nitrogens with zero attached hydrogens (tertiary/aromatic N) is 4. The van der Waals surface area contributed by atoms with Gasteiger partial charge in [0.25, 0.3) is 11.7 Å². The first-order valence-corrected chi connectivity index (χ1v) is 11.4. The van der Waals surface area contributed by atoms with E-state index in [1.807, 2.05) is 0 Å². The van der Waals surface area contributed by atoms with Crippen molar-refractivity contribution in [2.24, 2.45) is 0 Å². The van der Waals surface area contributed by atoms with Gasteiger partial charge in [-0.2, -0.15) is 18.2 Å². The molecule has 0 radical (unpaired) electrons. The molecule has 0 aliphatic heterocycles. The van der Waals surface area contributed by atoms with Gasteiger partial charge >= 0.3 is 6.18 Å². The second-order valence-corrected chi connectivity index (χ2v) is 8.74. The molecule has 0 N–H and O–H groups in total. The van der Waals surface area contributed by atoms with Crippen LogP contribution in [-0.4, -0.2) is 32.6 Å². The third kappa shape index (κ3) is 4.65. The number of methoxy groups -OCH3 is 1. The number of hydrogen-bond acceptors (Lipinski definition) is 6. The molecule has 37 heavy (non-hydrogen) atoms. The highest BCUT2D eigenvalue weighted by Gasteiger charge is 2.42. The van der Waals surface area contributed by atoms with Gasteiger partial charge in [0.05, 0.1) is 12.7 Å². The normalized spacial score (nSPS) is 11.7. The Balaban J connectivity index is 1.73. The zero-order valence-corrected chi connectivity index (χ0v) is 20.4. The average molecular weight is 547 g/mol. The first-order chi connectivity index (χ1) is 17.7. The van der Waals surface area contributed by atoms with E-state index in [1.165, 1.54) is 49.7 Å². The molecule has 3 aromatic heterocycles. The van der Waals surface area contributed by atoms with E-state index < -0.39 is 29.1 Å². The number of carbonyl (C=O) groups is 1. The maximum absolute atomic E-state index is 14.6. The summed E-state index contributed by atoms with van der Waals surface area (Å²) < 4.78 is 55.1. The Bertz CT molecular complexity index is 1630. The lowest BCUT2D eigenvalue weighted by Gasteiger charge is -2.15. The predicted molar refractivity (Wildman–Crippen MR) is 130 cm³/mol. The summed E-state index contributed by atoms with van der Waals surface area (Å²) in [6, 6.07) is 13.7. The Morgan fingerprint density at radius 1 is 1.11 bits per heavy atom. The summed E-state index contributed by atoms with van der Waals surface area (Å²) in [5.74, 6) is -1.48. The molecule has 7 nitrogen and oxygen atoms in total. The maximum atomic E-state index is 14.6. The minimum Gasteiger partial charge on any atom is -0.497 e. The minimum atomic E-state index is -4.93. The smallest absolute Gasteiger partial charge is 0.432 e. The molecule has 5 aromatic rings. The molecule has 188 valence electrons. The molecule has 12 heteroatoms. The molecule has 0 aliphatic rings. The van der Waals surface area contributed by atoms with Crippen LogP contribution >= 0.6 is 23.2 Å². The van der Waals surface area contributed by atoms with Crippen LogP contribution in [0.15, 0.2) is 65.3 Å². The van der Waals surface area contributed by atoms with E-state index in [-0.39, 0.29) is 34.0 Å². The summed E-state index contributed by atoms with van der Waals surface area (Å²) in [5, 5.41) is 4.24. The van der Waals surface area contributed by atoms with Crippen LogP contribution in [0.5, 0.6) is 5.75 Å². The summed E-state index contributed by atoms with van der Waals surface area (Å²) in [6.45, 7) is -0.288. The molecule has 2 aromatic carbocycles. The zero-order valence-electron chi connectivity index (χ0n) is 18.9. The largest absolute Gasteiger partial charge is 0.497 e. The number of aromatic nitrogens is 4. The number of ketones is 1. The van der Waals surface area contributed by atoms with Crippen LogP contribution in [0.2, 0.25) is 10.0 Å². The van der Waals surface area contributed by atoms with Gasteiger partial charge in [-0.3, -0.25) is 9.78 Å². The third-order valence-corrected chi connectivity index (χ3v) is 6.21. The Kier molecular flexibility index (Phi) is 6.38. The lowest BCUT2D eigenvalue weighted by Crippen LogP contribution is -2.19. The average Bonchev–Trinajstić information content (AvgIpc) is 3.49. The SMILES string of the molecule is COc1ccc2c(c1)c(C(=O)c1nc(-c3ccccn3)no1)c(C(F)(F)F)n2Cc1ccc(Cl)cc1Cl. The molecule has 0 amide bonds. The van der Waals surface area contributed by atoms with Crippen LogP contribution in [0, 0.1) is 0 Å². The maximum Gasteiger partial charge on any atom is 0.432 e. The number of pyridine rings is 1. The molecule has 0 unspecified atom stereocenters. The van der Waals surface area contributed by atoms with Gasteiger partial charge in [-0.15, -0.1) is 0 Å². The van der Waals surface area contributed by atoms with Gasteiger partial charge in [0.2, 0.25) is 5.82 Å². The summed E-state index contributed by atoms with van der Waals surface area (Å²) in [6.07, 6.45) is -3.45. The summed E-state index contributed by atoms with van der Waals surface area (Å²) in [5.41, 5.74) is -1.04. The molecule has 3 heterocycles. The first-order valence-electron chi connectivity index (χ1n) is 10.7. The molecule has 5 rings (SSSR count). The zero-order chi connectivity index (χ0) is 26.3. The van der Waals surface area contributed by atoms with Gasteiger partial charge in [0.15, 0.2) is 0 Å². The van der Waals surface area contributed by atoms with Crippen molar-refractivity contribution in [2.45, 2.75) is 12.7 Å². The third-order valence-electron chi connectivity index (χ3n) is 5.62. The molecule has 0 bridgehead atoms. The Morgan fingerprint density at radius 2 is 1.92 bits per heavy atom. The number of ether oxygens (including phenoxy) is 1. The number of halogens is 5. The second-order valence-electron chi connectivity index (χ2n) is 7.89. The van der Waals surface area contributed by atoms with Crippen LogP contribution in [0.25, 0.3) is 22.4 Å². The highest BCUT2D eigenvalue weighted by atomic mass is 35.5. The highest BCUT2D eigenvalue weighted by molar-refractivity contribution is 6.35. The van der Waals surface area contributed by atoms with Crippen molar-refractivity contribution >= 4 is 39.9 Å². The van der Waals surface area contributed by atoms with Crippen molar-refractivity contribution in [3.8, 4) is 17.3 Å². The molecule has 0 spiro atoms. The molecular formula is C25H15Cl2F3N4O3. The van der Waals surface area contributed by atoms with E-state index in [4.69, 9.17) is 32.5 Å². The second kappa shape index (κ2) is 9.53. The van der Waals surface area contributed by atoms with Gasteiger partial charge in [0.1, 0.15) is 17.1 Å². The van der Waals surface area contributed by atoms with Gasteiger partial charge in [-0.25, -0.2) is 0 Å². The van der Waals surface area contributed by atoms with Crippen LogP contribution < -0.4 is 4.74 Å². The van der Waals surface area contributed by atoms with Gasteiger partial charge in [0, 0.05) is 33.7 Å². The number of rotatable bonds is 6. The summed E-state index contributed by atoms with van der Waals surface area (Å²) in [4.78, 5) is 21.6. The van der Waals surface area contributed by atoms with Crippen LogP contribution in [-0.2, 0) is 12.7 Å². The van der Waals surface area contributed by atoms with Crippen LogP contribution in [0.3, 0.4) is 0 Å². The predicted octanol–water partition coefficient (Wildman–Crippen LogP) is 6.70. The molecule has 0 saturated heterocycles. The number of hydrogen-bond donors (Lipinski definition) is 0. The van der Waals surface area contributed by atoms with Crippen molar-refractivity contribution in [1.82, 2.24) is 19.7 Å². The van der Waals surface area contributed by atoms with E-state index in [0.29, 0.717) is 16.3 Å². The first kappa shape index (κ1) is 24.8. The van der Waals surface area contributed by atoms with Crippen molar-refractivity contribution in [1.29, 1.82) is 0 Å².